The number of nitrogens with two attached hydrogens (primary N) is 1. The van der Waals surface area contributed by atoms with Crippen LogP contribution in [-0.4, -0.2) is 0 Å². The summed E-state index contributed by atoms with van der Waals surface area (Å²) in [5.74, 6) is 0. The third kappa shape index (κ3) is 2.27. The van der Waals surface area contributed by atoms with Crippen LogP contribution in [0.15, 0.2) is 18.2 Å². The second-order valence-corrected chi connectivity index (χ2v) is 2.88. The number of halogens is 4. The Labute approximate surface area is 83.5 Å². The highest BCUT2D eigenvalue weighted by Gasteiger charge is 2.38. The maximum atomic E-state index is 13.0. The minimum atomic E-state index is -4.17. The largest absolute Gasteiger partial charge is 0.413 e. The van der Waals surface area contributed by atoms with Crippen molar-refractivity contribution in [3.63, 3.8) is 0 Å². The average Bonchev–Trinajstić information content (AvgIpc) is 2.27. The lowest BCUT2D eigenvalue weighted by Gasteiger charge is -2.17. The van der Waals surface area contributed by atoms with Crippen molar-refractivity contribution in [2.45, 2.75) is 19.3 Å². The lowest BCUT2D eigenvalue weighted by atomic mass is 10.0. The summed E-state index contributed by atoms with van der Waals surface area (Å²) in [6, 6.07) is 3.76. The molecular weight excluding hydrogens is 214 g/mol. The fourth-order valence-corrected chi connectivity index (χ4v) is 1.35. The molecule has 0 saturated carbocycles. The van der Waals surface area contributed by atoms with Gasteiger partial charge in [0.15, 0.2) is 0 Å². The molecule has 2 nitrogen and oxygen atoms in total. The van der Waals surface area contributed by atoms with Crippen LogP contribution in [0.3, 0.4) is 0 Å². The topological polar surface area (TPSA) is 35.2 Å². The predicted molar refractivity (Wildman–Crippen MR) is 45.2 cm³/mol. The normalized spacial score (nSPS) is 11.8. The van der Waals surface area contributed by atoms with Gasteiger partial charge >= 0.3 is 6.11 Å². The van der Waals surface area contributed by atoms with Gasteiger partial charge in [-0.15, -0.1) is 4.94 Å². The molecule has 6 heteroatoms. The van der Waals surface area contributed by atoms with E-state index < -0.39 is 18.3 Å². The van der Waals surface area contributed by atoms with Gasteiger partial charge in [0.1, 0.15) is 6.67 Å². The first-order valence-electron chi connectivity index (χ1n) is 4.11. The summed E-state index contributed by atoms with van der Waals surface area (Å²) < 4.78 is 50.0. The van der Waals surface area contributed by atoms with E-state index in [9.17, 15) is 17.7 Å². The van der Waals surface area contributed by atoms with Gasteiger partial charge in [-0.05, 0) is 15.7 Å². The van der Waals surface area contributed by atoms with Crippen molar-refractivity contribution in [1.82, 2.24) is 0 Å². The Kier molecular flexibility index (Phi) is 3.65. The molecule has 0 atom stereocenters. The number of hydrogen-bond acceptors (Lipinski definition) is 2. The van der Waals surface area contributed by atoms with Crippen LogP contribution in [0.4, 0.5) is 17.7 Å². The molecule has 0 aliphatic carbocycles. The zero-order valence-electron chi connectivity index (χ0n) is 7.64. The maximum Gasteiger partial charge on any atom is 0.413 e. The Bertz CT molecular complexity index is 321. The molecule has 2 N–H and O–H groups in total. The molecule has 0 heterocycles. The second-order valence-electron chi connectivity index (χ2n) is 2.88. The van der Waals surface area contributed by atoms with E-state index >= 15 is 0 Å². The Hall–Kier alpha value is -1.14. The minimum Gasteiger partial charge on any atom is -0.326 e. The minimum absolute atomic E-state index is 0.0483. The first-order valence-corrected chi connectivity index (χ1v) is 4.11. The monoisotopic (exact) mass is 223 g/mol. The molecule has 0 radical (unpaired) electrons. The summed E-state index contributed by atoms with van der Waals surface area (Å²) in [6.45, 7) is -1.38. The van der Waals surface area contributed by atoms with Crippen LogP contribution in [0.25, 0.3) is 0 Å². The van der Waals surface area contributed by atoms with Gasteiger partial charge in [0, 0.05) is 6.54 Å². The Morgan fingerprint density at radius 2 is 1.87 bits per heavy atom. The summed E-state index contributed by atoms with van der Waals surface area (Å²) >= 11 is 0. The molecule has 0 aromatic heterocycles. The molecule has 15 heavy (non-hydrogen) atoms. The van der Waals surface area contributed by atoms with Crippen molar-refractivity contribution in [2.24, 2.45) is 5.73 Å². The van der Waals surface area contributed by atoms with Gasteiger partial charge < -0.3 is 5.73 Å². The third-order valence-corrected chi connectivity index (χ3v) is 1.99. The summed E-state index contributed by atoms with van der Waals surface area (Å²) in [4.78, 5) is 2.55. The van der Waals surface area contributed by atoms with E-state index in [1.807, 2.05) is 0 Å². The van der Waals surface area contributed by atoms with Gasteiger partial charge in [-0.2, -0.15) is 8.78 Å². The van der Waals surface area contributed by atoms with Crippen molar-refractivity contribution in [3.8, 4) is 0 Å². The first-order chi connectivity index (χ1) is 7.06. The quantitative estimate of drug-likeness (QED) is 0.796. The van der Waals surface area contributed by atoms with Gasteiger partial charge in [0.2, 0.25) is 0 Å². The first kappa shape index (κ1) is 11.9. The van der Waals surface area contributed by atoms with Crippen molar-refractivity contribution < 1.29 is 22.6 Å². The van der Waals surface area contributed by atoms with Crippen molar-refractivity contribution in [3.05, 3.63) is 34.9 Å². The number of hydrogen-bond donors (Lipinski definition) is 1. The van der Waals surface area contributed by atoms with Crippen LogP contribution >= 0.6 is 0 Å². The zero-order valence-corrected chi connectivity index (χ0v) is 7.64. The summed E-state index contributed by atoms with van der Waals surface area (Å²) in [5, 5.41) is 0. The number of rotatable bonds is 4. The molecule has 0 amide bonds. The fraction of sp³-hybridized carbons (Fsp3) is 0.333. The highest BCUT2D eigenvalue weighted by molar-refractivity contribution is 5.37. The van der Waals surface area contributed by atoms with Gasteiger partial charge in [-0.3, -0.25) is 0 Å². The molecule has 0 bridgehead atoms. The average molecular weight is 223 g/mol. The summed E-state index contributed by atoms with van der Waals surface area (Å²) in [7, 11) is 0. The SMILES string of the molecule is NCc1cccc(CF)c1C(F)(F)OF. The van der Waals surface area contributed by atoms with Crippen LogP contribution in [0, 0.1) is 0 Å². The molecule has 1 aromatic carbocycles. The predicted octanol–water partition coefficient (Wildman–Crippen LogP) is 2.57. The van der Waals surface area contributed by atoms with Crippen LogP contribution in [0.5, 0.6) is 0 Å². The van der Waals surface area contributed by atoms with Crippen LogP contribution in [-0.2, 0) is 24.3 Å². The Morgan fingerprint density at radius 3 is 2.33 bits per heavy atom. The molecule has 84 valence electrons. The van der Waals surface area contributed by atoms with Gasteiger partial charge in [-0.25, -0.2) is 4.39 Å². The second kappa shape index (κ2) is 4.59. The van der Waals surface area contributed by atoms with Crippen LogP contribution in [0.1, 0.15) is 16.7 Å². The van der Waals surface area contributed by atoms with E-state index in [4.69, 9.17) is 5.73 Å². The van der Waals surface area contributed by atoms with E-state index in [0.29, 0.717) is 0 Å². The third-order valence-electron chi connectivity index (χ3n) is 1.99. The molecule has 0 aliphatic rings. The lowest BCUT2D eigenvalue weighted by Crippen LogP contribution is -2.20. The smallest absolute Gasteiger partial charge is 0.326 e. The van der Waals surface area contributed by atoms with Crippen molar-refractivity contribution in [1.29, 1.82) is 0 Å². The molecular formula is C9H9F4NO. The van der Waals surface area contributed by atoms with E-state index in [1.54, 1.807) is 0 Å². The van der Waals surface area contributed by atoms with E-state index in [0.717, 1.165) is 6.07 Å². The van der Waals surface area contributed by atoms with Crippen LogP contribution in [0.2, 0.25) is 0 Å². The number of benzene rings is 1. The van der Waals surface area contributed by atoms with E-state index in [1.165, 1.54) is 12.1 Å². The maximum absolute atomic E-state index is 13.0. The Balaban J connectivity index is 3.34. The zero-order chi connectivity index (χ0) is 11.5. The lowest BCUT2D eigenvalue weighted by molar-refractivity contribution is -0.364. The number of alkyl halides is 3. The highest BCUT2D eigenvalue weighted by atomic mass is 19.4. The molecule has 0 spiro atoms. The standard InChI is InChI=1S/C9H9F4NO/c10-4-6-2-1-3-7(5-14)8(6)9(11,12)15-13/h1-3H,4-5,14H2. The summed E-state index contributed by atoms with van der Waals surface area (Å²) in [6.07, 6.45) is -4.17. The molecule has 0 unspecified atom stereocenters. The molecule has 0 saturated heterocycles. The molecule has 1 rings (SSSR count). The van der Waals surface area contributed by atoms with Crippen molar-refractivity contribution in [2.75, 3.05) is 0 Å². The molecule has 1 aromatic rings. The Morgan fingerprint density at radius 1 is 1.27 bits per heavy atom. The van der Waals surface area contributed by atoms with E-state index in [-0.39, 0.29) is 17.7 Å². The molecule has 0 aliphatic heterocycles. The van der Waals surface area contributed by atoms with Gasteiger partial charge in [0.05, 0.1) is 5.56 Å². The summed E-state index contributed by atoms with van der Waals surface area (Å²) in [5.41, 5.74) is 3.98. The van der Waals surface area contributed by atoms with Crippen molar-refractivity contribution >= 4 is 0 Å². The van der Waals surface area contributed by atoms with Gasteiger partial charge in [0.25, 0.3) is 0 Å². The van der Waals surface area contributed by atoms with Gasteiger partial charge in [-0.1, -0.05) is 18.2 Å². The van der Waals surface area contributed by atoms with Crippen LogP contribution < -0.4 is 5.73 Å². The molecule has 0 fully saturated rings. The van der Waals surface area contributed by atoms with E-state index in [2.05, 4.69) is 4.94 Å². The highest BCUT2D eigenvalue weighted by Crippen LogP contribution is 2.35. The fourth-order valence-electron chi connectivity index (χ4n) is 1.35.